The van der Waals surface area contributed by atoms with Crippen molar-refractivity contribution in [2.45, 2.75) is 20.3 Å². The van der Waals surface area contributed by atoms with Crippen molar-refractivity contribution in [3.8, 4) is 5.75 Å². The second-order valence-electron chi connectivity index (χ2n) is 3.50. The molecular weight excluding hydrogens is 236 g/mol. The van der Waals surface area contributed by atoms with Crippen LogP contribution in [-0.2, 0) is 11.2 Å². The lowest BCUT2D eigenvalue weighted by molar-refractivity contribution is 0.0910. The van der Waals surface area contributed by atoms with Crippen LogP contribution in [0.5, 0.6) is 5.75 Å². The Bertz CT molecular complexity index is 446. The highest BCUT2D eigenvalue weighted by atomic mass is 16.5. The van der Waals surface area contributed by atoms with E-state index in [1.54, 1.807) is 19.1 Å². The molecule has 0 saturated heterocycles. The van der Waals surface area contributed by atoms with Gasteiger partial charge in [-0.15, -0.1) is 0 Å². The van der Waals surface area contributed by atoms with Crippen molar-refractivity contribution in [2.75, 3.05) is 6.61 Å². The Morgan fingerprint density at radius 1 is 1.28 bits per heavy atom. The highest BCUT2D eigenvalue weighted by Gasteiger charge is 2.12. The van der Waals surface area contributed by atoms with Crippen LogP contribution in [0.1, 0.15) is 29.8 Å². The molecule has 1 aromatic carbocycles. The molecule has 0 heterocycles. The second kappa shape index (κ2) is 6.48. The molecule has 1 rings (SSSR count). The molecule has 0 aliphatic rings. The van der Waals surface area contributed by atoms with Gasteiger partial charge in [-0.2, -0.15) is 0 Å². The van der Waals surface area contributed by atoms with Gasteiger partial charge in [0, 0.05) is 0 Å². The SMILES string of the molecule is CCOC(=O)NNC(=O)c1cc(CC)ccc1O. The molecule has 0 spiro atoms. The van der Waals surface area contributed by atoms with E-state index in [2.05, 4.69) is 15.6 Å². The van der Waals surface area contributed by atoms with Gasteiger partial charge in [-0.25, -0.2) is 10.2 Å². The lowest BCUT2D eigenvalue weighted by Crippen LogP contribution is -2.41. The van der Waals surface area contributed by atoms with Gasteiger partial charge in [-0.3, -0.25) is 10.2 Å². The summed E-state index contributed by atoms with van der Waals surface area (Å²) in [4.78, 5) is 22.7. The fourth-order valence-electron chi connectivity index (χ4n) is 1.33. The van der Waals surface area contributed by atoms with Crippen molar-refractivity contribution >= 4 is 12.0 Å². The quantitative estimate of drug-likeness (QED) is 0.708. The van der Waals surface area contributed by atoms with E-state index in [0.717, 1.165) is 12.0 Å². The van der Waals surface area contributed by atoms with E-state index in [1.807, 2.05) is 6.92 Å². The van der Waals surface area contributed by atoms with Crippen molar-refractivity contribution in [3.63, 3.8) is 0 Å². The van der Waals surface area contributed by atoms with Crippen molar-refractivity contribution in [2.24, 2.45) is 0 Å². The fourth-order valence-corrected chi connectivity index (χ4v) is 1.33. The molecule has 6 heteroatoms. The minimum Gasteiger partial charge on any atom is -0.507 e. The number of nitrogens with one attached hydrogen (secondary N) is 2. The van der Waals surface area contributed by atoms with Gasteiger partial charge in [-0.05, 0) is 31.0 Å². The molecule has 0 fully saturated rings. The van der Waals surface area contributed by atoms with E-state index in [0.29, 0.717) is 0 Å². The van der Waals surface area contributed by atoms with Gasteiger partial charge in [0.25, 0.3) is 5.91 Å². The van der Waals surface area contributed by atoms with Gasteiger partial charge in [0.05, 0.1) is 12.2 Å². The minimum atomic E-state index is -0.753. The zero-order valence-electron chi connectivity index (χ0n) is 10.3. The number of ether oxygens (including phenoxy) is 1. The number of amides is 2. The third-order valence-electron chi connectivity index (χ3n) is 2.27. The number of carbonyl (C=O) groups is 2. The number of phenolic OH excluding ortho intramolecular Hbond substituents is 1. The topological polar surface area (TPSA) is 87.7 Å². The van der Waals surface area contributed by atoms with Crippen LogP contribution < -0.4 is 10.9 Å². The summed E-state index contributed by atoms with van der Waals surface area (Å²) in [6, 6.07) is 4.74. The number of benzene rings is 1. The molecule has 0 unspecified atom stereocenters. The fraction of sp³-hybridized carbons (Fsp3) is 0.333. The molecule has 0 saturated carbocycles. The maximum absolute atomic E-state index is 11.7. The van der Waals surface area contributed by atoms with Crippen LogP contribution in [0.25, 0.3) is 0 Å². The van der Waals surface area contributed by atoms with Gasteiger partial charge in [0.15, 0.2) is 0 Å². The van der Waals surface area contributed by atoms with Crippen LogP contribution in [0.2, 0.25) is 0 Å². The van der Waals surface area contributed by atoms with Gasteiger partial charge < -0.3 is 9.84 Å². The Morgan fingerprint density at radius 3 is 2.61 bits per heavy atom. The summed E-state index contributed by atoms with van der Waals surface area (Å²) in [6.07, 6.45) is -0.0109. The lowest BCUT2D eigenvalue weighted by Gasteiger charge is -2.09. The number of aromatic hydroxyl groups is 1. The maximum atomic E-state index is 11.7. The third kappa shape index (κ3) is 3.65. The number of hydrogen-bond donors (Lipinski definition) is 3. The Kier molecular flexibility index (Phi) is 4.98. The predicted octanol–water partition coefficient (Wildman–Crippen LogP) is 1.35. The van der Waals surface area contributed by atoms with Gasteiger partial charge in [0.1, 0.15) is 5.75 Å². The second-order valence-corrected chi connectivity index (χ2v) is 3.50. The Labute approximate surface area is 105 Å². The lowest BCUT2D eigenvalue weighted by atomic mass is 10.1. The molecule has 1 aromatic rings. The highest BCUT2D eigenvalue weighted by molar-refractivity contribution is 5.97. The van der Waals surface area contributed by atoms with Crippen LogP contribution in [0.4, 0.5) is 4.79 Å². The summed E-state index contributed by atoms with van der Waals surface area (Å²) < 4.78 is 4.58. The summed E-state index contributed by atoms with van der Waals surface area (Å²) in [7, 11) is 0. The van der Waals surface area contributed by atoms with E-state index < -0.39 is 12.0 Å². The van der Waals surface area contributed by atoms with Crippen molar-refractivity contribution in [1.29, 1.82) is 0 Å². The molecule has 98 valence electrons. The number of phenols is 1. The summed E-state index contributed by atoms with van der Waals surface area (Å²) in [5.74, 6) is -0.744. The predicted molar refractivity (Wildman–Crippen MR) is 65.1 cm³/mol. The summed E-state index contributed by atoms with van der Waals surface area (Å²) >= 11 is 0. The zero-order chi connectivity index (χ0) is 13.5. The monoisotopic (exact) mass is 252 g/mol. The Hall–Kier alpha value is -2.24. The first-order chi connectivity index (χ1) is 8.58. The van der Waals surface area contributed by atoms with Crippen LogP contribution >= 0.6 is 0 Å². The standard InChI is InChI=1S/C12H16N2O4/c1-3-8-5-6-10(15)9(7-8)11(16)13-14-12(17)18-4-2/h5-7,15H,3-4H2,1-2H3,(H,13,16)(H,14,17). The number of carbonyl (C=O) groups excluding carboxylic acids is 2. The van der Waals surface area contributed by atoms with Crippen LogP contribution in [0.3, 0.4) is 0 Å². The summed E-state index contributed by atoms with van der Waals surface area (Å²) in [6.45, 7) is 3.79. The zero-order valence-corrected chi connectivity index (χ0v) is 10.3. The average Bonchev–Trinajstić information content (AvgIpc) is 2.37. The highest BCUT2D eigenvalue weighted by Crippen LogP contribution is 2.18. The number of hydrogen-bond acceptors (Lipinski definition) is 4. The molecule has 0 aliphatic heterocycles. The van der Waals surface area contributed by atoms with E-state index in [-0.39, 0.29) is 17.9 Å². The van der Waals surface area contributed by atoms with Crippen molar-refractivity contribution < 1.29 is 19.4 Å². The molecule has 6 nitrogen and oxygen atoms in total. The van der Waals surface area contributed by atoms with Gasteiger partial charge >= 0.3 is 6.09 Å². The van der Waals surface area contributed by atoms with E-state index in [1.165, 1.54) is 6.07 Å². The number of aryl methyl sites for hydroxylation is 1. The van der Waals surface area contributed by atoms with Crippen molar-refractivity contribution in [1.82, 2.24) is 10.9 Å². The molecule has 0 aromatic heterocycles. The van der Waals surface area contributed by atoms with Crippen LogP contribution in [0.15, 0.2) is 18.2 Å². The van der Waals surface area contributed by atoms with Gasteiger partial charge in [-0.1, -0.05) is 13.0 Å². The number of rotatable bonds is 3. The maximum Gasteiger partial charge on any atom is 0.426 e. The smallest absolute Gasteiger partial charge is 0.426 e. The molecule has 18 heavy (non-hydrogen) atoms. The third-order valence-corrected chi connectivity index (χ3v) is 2.27. The molecule has 3 N–H and O–H groups in total. The first-order valence-corrected chi connectivity index (χ1v) is 5.63. The van der Waals surface area contributed by atoms with E-state index >= 15 is 0 Å². The summed E-state index contributed by atoms with van der Waals surface area (Å²) in [5.41, 5.74) is 5.24. The molecule has 2 amide bonds. The molecule has 0 aliphatic carbocycles. The Morgan fingerprint density at radius 2 is 2.00 bits per heavy atom. The van der Waals surface area contributed by atoms with Crippen LogP contribution in [0, 0.1) is 0 Å². The first kappa shape index (κ1) is 13.8. The molecule has 0 radical (unpaired) electrons. The number of hydrazine groups is 1. The first-order valence-electron chi connectivity index (χ1n) is 5.63. The largest absolute Gasteiger partial charge is 0.507 e. The van der Waals surface area contributed by atoms with Crippen molar-refractivity contribution in [3.05, 3.63) is 29.3 Å². The van der Waals surface area contributed by atoms with Crippen LogP contribution in [-0.4, -0.2) is 23.7 Å². The summed E-state index contributed by atoms with van der Waals surface area (Å²) in [5, 5.41) is 9.56. The van der Waals surface area contributed by atoms with Gasteiger partial charge in [0.2, 0.25) is 0 Å². The molecule has 0 bridgehead atoms. The normalized spacial score (nSPS) is 9.67. The van der Waals surface area contributed by atoms with E-state index in [9.17, 15) is 14.7 Å². The Balaban J connectivity index is 2.69. The average molecular weight is 252 g/mol. The molecular formula is C12H16N2O4. The molecule has 0 atom stereocenters. The minimum absolute atomic E-state index is 0.103. The van der Waals surface area contributed by atoms with E-state index in [4.69, 9.17) is 0 Å².